The topological polar surface area (TPSA) is 233 Å². The first kappa shape index (κ1) is 66.4. The van der Waals surface area contributed by atoms with Crippen LogP contribution in [0.4, 0.5) is 9.59 Å². The molecule has 16 nitrogen and oxygen atoms in total. The van der Waals surface area contributed by atoms with Crippen molar-refractivity contribution in [3.05, 3.63) is 144 Å². The largest absolute Gasteiger partial charge is 0.502 e. The Morgan fingerprint density at radius 3 is 1.41 bits per heavy atom. The van der Waals surface area contributed by atoms with Gasteiger partial charge in [-0.1, -0.05) is 169 Å². The number of alkyl carbamates (subject to hydrolysis) is 1. The Balaban J connectivity index is 1.73. The minimum absolute atomic E-state index is 0.0115. The highest BCUT2D eigenvalue weighted by molar-refractivity contribution is 6.80. The Labute approximate surface area is 480 Å². The zero-order valence-electron chi connectivity index (χ0n) is 49.6. The molecule has 0 aliphatic carbocycles. The molecule has 440 valence electrons. The Kier molecular flexibility index (Phi) is 25.1. The van der Waals surface area contributed by atoms with E-state index in [1.54, 1.807) is 102 Å². The fourth-order valence-corrected chi connectivity index (χ4v) is 16.6. The first-order valence-electron chi connectivity index (χ1n) is 28.3. The Morgan fingerprint density at radius 2 is 0.926 bits per heavy atom. The Morgan fingerprint density at radius 1 is 0.494 bits per heavy atom. The van der Waals surface area contributed by atoms with Crippen LogP contribution in [-0.2, 0) is 67.0 Å². The number of rotatable bonds is 30. The molecule has 0 saturated carbocycles. The van der Waals surface area contributed by atoms with Crippen LogP contribution in [0.2, 0.25) is 11.1 Å². The quantitative estimate of drug-likeness (QED) is 0.0186. The van der Waals surface area contributed by atoms with E-state index in [9.17, 15) is 38.7 Å². The second-order valence-corrected chi connectivity index (χ2v) is 29.5. The van der Waals surface area contributed by atoms with Gasteiger partial charge < -0.3 is 40.3 Å². The average Bonchev–Trinajstić information content (AvgIpc) is 3.53. The van der Waals surface area contributed by atoms with Crippen LogP contribution >= 0.6 is 0 Å². The summed E-state index contributed by atoms with van der Waals surface area (Å²) < 4.78 is 17.8. The number of carboxylic acids is 1. The molecule has 0 unspecified atom stereocenters. The van der Waals surface area contributed by atoms with E-state index in [0.29, 0.717) is 24.0 Å². The van der Waals surface area contributed by atoms with Crippen molar-refractivity contribution in [3.63, 3.8) is 0 Å². The fraction of sp³-hybridized carbons (Fsp3) is 0.500. The van der Waals surface area contributed by atoms with Gasteiger partial charge in [0.2, 0.25) is 11.8 Å². The number of carbonyl (C=O) groups is 8. The van der Waals surface area contributed by atoms with Crippen LogP contribution in [0.25, 0.3) is 0 Å². The van der Waals surface area contributed by atoms with Crippen LogP contribution < -0.4 is 21.3 Å². The molecule has 81 heavy (non-hydrogen) atoms. The van der Waals surface area contributed by atoms with E-state index >= 15 is 4.79 Å². The summed E-state index contributed by atoms with van der Waals surface area (Å²) in [5.74, 6) is -7.06. The molecule has 4 aromatic carbocycles. The van der Waals surface area contributed by atoms with Gasteiger partial charge in [0, 0.05) is 42.7 Å². The lowest BCUT2D eigenvalue weighted by atomic mass is 9.88. The summed E-state index contributed by atoms with van der Waals surface area (Å²) in [5, 5.41) is 20.7. The number of carbonyl (C=O) groups excluding carboxylic acids is 7. The molecule has 4 aromatic rings. The van der Waals surface area contributed by atoms with Crippen molar-refractivity contribution < 1.29 is 57.4 Å². The third-order valence-electron chi connectivity index (χ3n) is 14.4. The summed E-state index contributed by atoms with van der Waals surface area (Å²) in [6.07, 6.45) is -2.17. The van der Waals surface area contributed by atoms with E-state index in [1.807, 2.05) is 60.7 Å². The first-order chi connectivity index (χ1) is 38.0. The second-order valence-electron chi connectivity index (χ2n) is 24.2. The van der Waals surface area contributed by atoms with Crippen molar-refractivity contribution in [1.29, 1.82) is 0 Å². The summed E-state index contributed by atoms with van der Waals surface area (Å²) in [7, 11) is -3.15. The van der Waals surface area contributed by atoms with E-state index in [2.05, 4.69) is 62.8 Å². The molecular weight excluding hydrogens is 1040 g/mol. The molecule has 17 heteroatoms. The first-order valence-corrected chi connectivity index (χ1v) is 30.3. The predicted molar refractivity (Wildman–Crippen MR) is 316 cm³/mol. The Bertz CT molecular complexity index is 2680. The van der Waals surface area contributed by atoms with Crippen LogP contribution in [0.5, 0.6) is 0 Å². The maximum absolute atomic E-state index is 15.0. The van der Waals surface area contributed by atoms with E-state index in [4.69, 9.17) is 13.9 Å². The van der Waals surface area contributed by atoms with Gasteiger partial charge in [-0.3, -0.25) is 24.0 Å². The molecule has 0 bridgehead atoms. The number of Topliss-reactive ketones (excluding diaryl/α,β-unsaturated/α-hetero) is 2. The molecule has 0 aliphatic heterocycles. The zero-order chi connectivity index (χ0) is 60.1. The van der Waals surface area contributed by atoms with Crippen molar-refractivity contribution in [1.82, 2.24) is 21.3 Å². The van der Waals surface area contributed by atoms with Crippen molar-refractivity contribution in [2.24, 2.45) is 11.8 Å². The number of esters is 1. The molecule has 0 aliphatic rings. The molecule has 0 saturated heterocycles. The summed E-state index contributed by atoms with van der Waals surface area (Å²) in [5.41, 5.74) is 1.26. The lowest BCUT2D eigenvalue weighted by Gasteiger charge is -2.49. The summed E-state index contributed by atoms with van der Waals surface area (Å²) in [6, 6.07) is 32.6. The molecule has 0 radical (unpaired) electrons. The number of amides is 4. The second kappa shape index (κ2) is 30.6. The van der Waals surface area contributed by atoms with Gasteiger partial charge in [-0.05, 0) is 101 Å². The van der Waals surface area contributed by atoms with E-state index in [1.165, 1.54) is 0 Å². The molecule has 5 atom stereocenters. The predicted octanol–water partition coefficient (Wildman–Crippen LogP) is 10.7. The monoisotopic (exact) mass is 1130 g/mol. The maximum atomic E-state index is 15.0. The smallest absolute Gasteiger partial charge is 0.407 e. The molecule has 0 aromatic heterocycles. The van der Waals surface area contributed by atoms with Gasteiger partial charge in [-0.15, -0.1) is 0 Å². The van der Waals surface area contributed by atoms with Crippen LogP contribution in [0, 0.1) is 11.8 Å². The van der Waals surface area contributed by atoms with Crippen LogP contribution in [0.1, 0.15) is 144 Å². The average molecular weight is 1130 g/mol. The van der Waals surface area contributed by atoms with E-state index in [0.717, 1.165) is 11.1 Å². The van der Waals surface area contributed by atoms with Gasteiger partial charge >= 0.3 is 24.1 Å². The lowest BCUT2D eigenvalue weighted by molar-refractivity contribution is -0.156. The standard InChI is InChI=1S/C64H88N4O12Si/c1-43(2)81(44(3)4,64(11,12)50-34-23-16-24-35-50)80-61(77)68-51(38-46-29-19-14-20-30-46)54(69)40-48(33-25-26-36-65-60(76)79-63(8,9)10)57(72)66-52(42-56(71)78-62(5,6)7)55(70)41-49(37-45-27-17-13-18-28-45)58(73)67-53(59(74)75)39-47-31-21-15-22-32-47/h13-24,27-32,34-35,43-44,48-49,51-53H,25-26,33,36-42H2,1-12H3,(H,65,76)(H,66,72)(H,67,73)(H,68,77)(H,74,75)/t48-,49-,51+,52+,53+/m1/s1. The number of unbranched alkanes of at least 4 members (excludes halogenated alkanes) is 1. The van der Waals surface area contributed by atoms with Crippen molar-refractivity contribution in [2.45, 2.75) is 186 Å². The van der Waals surface area contributed by atoms with Crippen LogP contribution in [0.3, 0.4) is 0 Å². The Hall–Kier alpha value is -7.14. The molecule has 5 N–H and O–H groups in total. The number of aliphatic carboxylic acids is 1. The number of ether oxygens (including phenoxy) is 2. The van der Waals surface area contributed by atoms with Crippen molar-refractivity contribution in [3.8, 4) is 0 Å². The van der Waals surface area contributed by atoms with Gasteiger partial charge in [0.25, 0.3) is 8.32 Å². The minimum Gasteiger partial charge on any atom is -0.502 e. The SMILES string of the molecule is CC(C)[Si](OC(=O)N[C@@H](Cc1ccccc1)C(=O)C[C@@H](CCCCNC(=O)OC(C)(C)C)C(=O)N[C@@H](CC(=O)OC(C)(C)C)C(=O)C[C@@H](Cc1ccccc1)C(=O)N[C@@H](Cc1ccccc1)C(=O)O)(C(C)C)C(C)(C)c1ccccc1. The molecule has 0 spiro atoms. The van der Waals surface area contributed by atoms with Crippen LogP contribution in [-0.4, -0.2) is 96.8 Å². The third-order valence-corrected chi connectivity index (χ3v) is 20.6. The van der Waals surface area contributed by atoms with Gasteiger partial charge in [0.1, 0.15) is 17.2 Å². The fourth-order valence-electron chi connectivity index (χ4n) is 10.7. The number of hydrogen-bond donors (Lipinski definition) is 5. The minimum atomic E-state index is -3.15. The summed E-state index contributed by atoms with van der Waals surface area (Å²) >= 11 is 0. The molecular formula is C64H88N4O12Si. The number of benzene rings is 4. The molecule has 4 rings (SSSR count). The van der Waals surface area contributed by atoms with Crippen molar-refractivity contribution in [2.75, 3.05) is 6.54 Å². The highest BCUT2D eigenvalue weighted by Gasteiger charge is 2.58. The van der Waals surface area contributed by atoms with Gasteiger partial charge in [0.15, 0.2) is 11.6 Å². The van der Waals surface area contributed by atoms with Gasteiger partial charge in [-0.2, -0.15) is 0 Å². The summed E-state index contributed by atoms with van der Waals surface area (Å²) in [4.78, 5) is 112. The summed E-state index contributed by atoms with van der Waals surface area (Å²) in [6.45, 7) is 22.8. The lowest BCUT2D eigenvalue weighted by Crippen LogP contribution is -2.62. The van der Waals surface area contributed by atoms with Crippen LogP contribution in [0.15, 0.2) is 121 Å². The number of nitrogens with one attached hydrogen (secondary N) is 4. The highest BCUT2D eigenvalue weighted by Crippen LogP contribution is 2.48. The molecule has 0 fully saturated rings. The van der Waals surface area contributed by atoms with Gasteiger partial charge in [0.05, 0.1) is 18.5 Å². The van der Waals surface area contributed by atoms with Gasteiger partial charge in [-0.25, -0.2) is 14.4 Å². The van der Waals surface area contributed by atoms with E-state index in [-0.39, 0.29) is 43.3 Å². The highest BCUT2D eigenvalue weighted by atomic mass is 28.4. The normalized spacial score (nSPS) is 13.9. The number of ketones is 2. The number of hydrogen-bond acceptors (Lipinski definition) is 11. The molecule has 0 heterocycles. The maximum Gasteiger partial charge on any atom is 0.407 e. The zero-order valence-corrected chi connectivity index (χ0v) is 50.6. The molecule has 4 amide bonds. The van der Waals surface area contributed by atoms with E-state index < -0.39 is 121 Å². The van der Waals surface area contributed by atoms with Crippen molar-refractivity contribution >= 4 is 55.8 Å². The number of carboxylic acid groups (broad SMARTS) is 1. The third kappa shape index (κ3) is 21.4.